The predicted octanol–water partition coefficient (Wildman–Crippen LogP) is 1.61. The van der Waals surface area contributed by atoms with Crippen molar-refractivity contribution in [3.05, 3.63) is 42.0 Å². The van der Waals surface area contributed by atoms with Gasteiger partial charge in [-0.05, 0) is 17.0 Å². The van der Waals surface area contributed by atoms with E-state index in [1.54, 1.807) is 24.3 Å². The van der Waals surface area contributed by atoms with Crippen molar-refractivity contribution in [1.82, 2.24) is 5.34 Å². The van der Waals surface area contributed by atoms with E-state index in [9.17, 15) is 13.8 Å². The maximum absolute atomic E-state index is 11.8. The number of aliphatic imine (C=N–C) groups is 1. The number of rotatable bonds is 2. The zero-order valence-corrected chi connectivity index (χ0v) is 8.18. The second-order valence-electron chi connectivity index (χ2n) is 2.79. The highest BCUT2D eigenvalue weighted by Crippen LogP contribution is 2.01. The summed E-state index contributed by atoms with van der Waals surface area (Å²) in [5, 5.41) is -1.42. The molecule has 1 aromatic rings. The summed E-state index contributed by atoms with van der Waals surface area (Å²) >= 11 is 0. The SMILES string of the molecule is NC(=NC(=O)/C=C/c1ccccc1)N(F)F. The maximum Gasteiger partial charge on any atom is 0.273 e. The summed E-state index contributed by atoms with van der Waals surface area (Å²) in [5.41, 5.74) is 5.52. The Labute approximate surface area is 90.6 Å². The molecule has 6 heteroatoms. The van der Waals surface area contributed by atoms with Crippen molar-refractivity contribution in [3.8, 4) is 0 Å². The van der Waals surface area contributed by atoms with Crippen molar-refractivity contribution in [2.24, 2.45) is 10.7 Å². The molecule has 0 aromatic heterocycles. The molecule has 0 aliphatic heterocycles. The van der Waals surface area contributed by atoms with Crippen molar-refractivity contribution in [3.63, 3.8) is 0 Å². The largest absolute Gasteiger partial charge is 0.365 e. The molecule has 0 fully saturated rings. The molecule has 0 aliphatic carbocycles. The highest BCUT2D eigenvalue weighted by atomic mass is 19.4. The van der Waals surface area contributed by atoms with Gasteiger partial charge in [-0.25, -0.2) is 0 Å². The van der Waals surface area contributed by atoms with Gasteiger partial charge in [-0.1, -0.05) is 39.3 Å². The van der Waals surface area contributed by atoms with E-state index in [0.29, 0.717) is 0 Å². The van der Waals surface area contributed by atoms with Crippen LogP contribution < -0.4 is 5.73 Å². The van der Waals surface area contributed by atoms with Crippen LogP contribution in [-0.4, -0.2) is 17.2 Å². The Balaban J connectivity index is 2.66. The summed E-state index contributed by atoms with van der Waals surface area (Å²) in [4.78, 5) is 14.0. The van der Waals surface area contributed by atoms with Crippen LogP contribution in [0, 0.1) is 0 Å². The lowest BCUT2D eigenvalue weighted by molar-refractivity contribution is -0.114. The molecule has 4 nitrogen and oxygen atoms in total. The lowest BCUT2D eigenvalue weighted by Crippen LogP contribution is -2.25. The Morgan fingerprint density at radius 1 is 1.31 bits per heavy atom. The Morgan fingerprint density at radius 2 is 1.94 bits per heavy atom. The predicted molar refractivity (Wildman–Crippen MR) is 56.2 cm³/mol. The molecule has 0 atom stereocenters. The monoisotopic (exact) mass is 225 g/mol. The lowest BCUT2D eigenvalue weighted by atomic mass is 10.2. The molecule has 84 valence electrons. The van der Waals surface area contributed by atoms with Gasteiger partial charge in [0.15, 0.2) is 0 Å². The van der Waals surface area contributed by atoms with Gasteiger partial charge in [0.05, 0.1) is 0 Å². The molecule has 1 aromatic carbocycles. The fourth-order valence-electron chi connectivity index (χ4n) is 0.920. The molecule has 0 radical (unpaired) electrons. The van der Waals surface area contributed by atoms with E-state index in [4.69, 9.17) is 5.73 Å². The first kappa shape index (κ1) is 11.8. The smallest absolute Gasteiger partial charge is 0.273 e. The summed E-state index contributed by atoms with van der Waals surface area (Å²) in [6.07, 6.45) is 2.52. The molecule has 0 spiro atoms. The van der Waals surface area contributed by atoms with Crippen molar-refractivity contribution in [1.29, 1.82) is 0 Å². The first-order chi connectivity index (χ1) is 7.59. The summed E-state index contributed by atoms with van der Waals surface area (Å²) in [7, 11) is 0. The van der Waals surface area contributed by atoms with Crippen LogP contribution in [0.4, 0.5) is 8.96 Å². The summed E-state index contributed by atoms with van der Waals surface area (Å²) in [5.74, 6) is -1.98. The molecule has 2 N–H and O–H groups in total. The molecule has 0 aliphatic rings. The summed E-state index contributed by atoms with van der Waals surface area (Å²) in [6, 6.07) is 8.90. The third kappa shape index (κ3) is 3.87. The Bertz CT molecular complexity index is 415. The van der Waals surface area contributed by atoms with Crippen LogP contribution >= 0.6 is 0 Å². The van der Waals surface area contributed by atoms with Crippen molar-refractivity contribution >= 4 is 17.9 Å². The average Bonchev–Trinajstić information content (AvgIpc) is 2.27. The molecule has 0 unspecified atom stereocenters. The fourth-order valence-corrected chi connectivity index (χ4v) is 0.920. The molecule has 0 heterocycles. The number of nitrogens with two attached hydrogens (primary N) is 1. The molecule has 0 saturated carbocycles. The third-order valence-electron chi connectivity index (χ3n) is 1.62. The van der Waals surface area contributed by atoms with E-state index in [0.717, 1.165) is 11.6 Å². The lowest BCUT2D eigenvalue weighted by Gasteiger charge is -1.97. The van der Waals surface area contributed by atoms with Gasteiger partial charge in [0.1, 0.15) is 0 Å². The van der Waals surface area contributed by atoms with Crippen molar-refractivity contribution < 1.29 is 13.8 Å². The van der Waals surface area contributed by atoms with Gasteiger partial charge in [-0.3, -0.25) is 4.79 Å². The van der Waals surface area contributed by atoms with Crippen LogP contribution in [0.1, 0.15) is 5.56 Å². The molecular weight excluding hydrogens is 216 g/mol. The van der Waals surface area contributed by atoms with Gasteiger partial charge in [0, 0.05) is 6.08 Å². The second-order valence-corrected chi connectivity index (χ2v) is 2.79. The number of guanidine groups is 1. The summed E-state index contributed by atoms with van der Waals surface area (Å²) < 4.78 is 23.5. The number of carbonyl (C=O) groups excluding carboxylic acids is 1. The molecule has 0 bridgehead atoms. The summed E-state index contributed by atoms with van der Waals surface area (Å²) in [6.45, 7) is 0. The number of amides is 1. The van der Waals surface area contributed by atoms with Crippen molar-refractivity contribution in [2.45, 2.75) is 0 Å². The molecule has 1 rings (SSSR count). The van der Waals surface area contributed by atoms with E-state index in [1.165, 1.54) is 6.08 Å². The van der Waals surface area contributed by atoms with E-state index < -0.39 is 17.2 Å². The van der Waals surface area contributed by atoms with Gasteiger partial charge >= 0.3 is 0 Å². The Hall–Kier alpha value is -2.24. The highest BCUT2D eigenvalue weighted by Gasteiger charge is 2.04. The first-order valence-corrected chi connectivity index (χ1v) is 4.32. The van der Waals surface area contributed by atoms with Gasteiger partial charge in [0.2, 0.25) is 0 Å². The number of hydrogen-bond donors (Lipinski definition) is 1. The second kappa shape index (κ2) is 5.59. The number of hydrogen-bond acceptors (Lipinski definition) is 1. The van der Waals surface area contributed by atoms with E-state index in [1.807, 2.05) is 6.07 Å². The first-order valence-electron chi connectivity index (χ1n) is 4.32. The normalized spacial score (nSPS) is 11.8. The Morgan fingerprint density at radius 3 is 2.50 bits per heavy atom. The van der Waals surface area contributed by atoms with Gasteiger partial charge < -0.3 is 5.73 Å². The van der Waals surface area contributed by atoms with Crippen LogP contribution in [0.15, 0.2) is 41.4 Å². The third-order valence-corrected chi connectivity index (χ3v) is 1.62. The van der Waals surface area contributed by atoms with E-state index in [-0.39, 0.29) is 0 Å². The molecule has 16 heavy (non-hydrogen) atoms. The standard InChI is InChI=1S/C10H9F2N3O/c11-15(12)10(13)14-9(16)7-6-8-4-2-1-3-5-8/h1-7H,(H2,13,14,16)/b7-6+. The quantitative estimate of drug-likeness (QED) is 0.360. The minimum absolute atomic E-state index is 0.766. The topological polar surface area (TPSA) is 58.7 Å². The van der Waals surface area contributed by atoms with E-state index in [2.05, 4.69) is 4.99 Å². The minimum atomic E-state index is -1.42. The zero-order valence-electron chi connectivity index (χ0n) is 8.18. The van der Waals surface area contributed by atoms with E-state index >= 15 is 0 Å². The van der Waals surface area contributed by atoms with Crippen LogP contribution in [0.2, 0.25) is 0 Å². The number of benzene rings is 1. The average molecular weight is 225 g/mol. The molecule has 1 amide bonds. The highest BCUT2D eigenvalue weighted by molar-refractivity contribution is 5.99. The number of halogens is 2. The Kier molecular flexibility index (Phi) is 4.14. The number of nitrogens with zero attached hydrogens (tertiary/aromatic N) is 2. The van der Waals surface area contributed by atoms with Gasteiger partial charge in [-0.2, -0.15) is 4.99 Å². The minimum Gasteiger partial charge on any atom is -0.365 e. The van der Waals surface area contributed by atoms with Gasteiger partial charge in [-0.15, -0.1) is 0 Å². The van der Waals surface area contributed by atoms with Crippen LogP contribution in [-0.2, 0) is 4.79 Å². The van der Waals surface area contributed by atoms with Gasteiger partial charge in [0.25, 0.3) is 11.9 Å². The van der Waals surface area contributed by atoms with Crippen molar-refractivity contribution in [2.75, 3.05) is 0 Å². The van der Waals surface area contributed by atoms with Crippen LogP contribution in [0.5, 0.6) is 0 Å². The van der Waals surface area contributed by atoms with Crippen LogP contribution in [0.3, 0.4) is 0 Å². The fraction of sp³-hybridized carbons (Fsp3) is 0. The molecular formula is C10H9F2N3O. The molecule has 0 saturated heterocycles. The zero-order chi connectivity index (χ0) is 12.0. The maximum atomic E-state index is 11.8. The number of carbonyl (C=O) groups is 1. The van der Waals surface area contributed by atoms with Crippen LogP contribution in [0.25, 0.3) is 6.08 Å².